The van der Waals surface area contributed by atoms with Crippen LogP contribution in [0.5, 0.6) is 5.75 Å². The number of halogens is 1. The average molecular weight is 551 g/mol. The average Bonchev–Trinajstić information content (AvgIpc) is 3.72. The van der Waals surface area contributed by atoms with Gasteiger partial charge in [-0.15, -0.1) is 0 Å². The first kappa shape index (κ1) is 29.0. The highest BCUT2D eigenvalue weighted by Gasteiger charge is 2.40. The van der Waals surface area contributed by atoms with Crippen LogP contribution in [0.25, 0.3) is 11.1 Å². The third kappa shape index (κ3) is 7.16. The number of carbonyl (C=O) groups is 1. The first-order valence-corrected chi connectivity index (χ1v) is 15.0. The van der Waals surface area contributed by atoms with Gasteiger partial charge in [-0.1, -0.05) is 58.0 Å². The van der Waals surface area contributed by atoms with Crippen molar-refractivity contribution >= 4 is 16.8 Å². The van der Waals surface area contributed by atoms with Gasteiger partial charge in [0.1, 0.15) is 11.6 Å². The molecule has 1 aliphatic carbocycles. The van der Waals surface area contributed by atoms with Gasteiger partial charge in [-0.25, -0.2) is 4.39 Å². The van der Waals surface area contributed by atoms with E-state index >= 15 is 0 Å². The molecule has 4 rings (SSSR count). The fourth-order valence-corrected chi connectivity index (χ4v) is 6.67. The normalized spacial score (nSPS) is 15.9. The van der Waals surface area contributed by atoms with Gasteiger partial charge in [-0.2, -0.15) is 0 Å². The van der Waals surface area contributed by atoms with Gasteiger partial charge in [0, 0.05) is 10.5 Å². The Morgan fingerprint density at radius 2 is 1.82 bits per heavy atom. The number of aliphatic carboxylic acids is 1. The molecular weight excluding hydrogens is 511 g/mol. The van der Waals surface area contributed by atoms with Crippen molar-refractivity contribution in [1.29, 1.82) is 0 Å². The maximum atomic E-state index is 14.9. The van der Waals surface area contributed by atoms with Gasteiger partial charge < -0.3 is 9.84 Å². The van der Waals surface area contributed by atoms with E-state index in [1.807, 2.05) is 49.4 Å². The Balaban J connectivity index is 1.64. The van der Waals surface area contributed by atoms with E-state index in [-0.39, 0.29) is 17.2 Å². The molecule has 1 saturated carbocycles. The van der Waals surface area contributed by atoms with Gasteiger partial charge in [-0.05, 0) is 95.5 Å². The minimum atomic E-state index is -1.32. The number of ether oxygens (including phenoxy) is 1. The molecule has 4 nitrogen and oxygen atoms in total. The smallest absolute Gasteiger partial charge is 0.307 e. The molecule has 0 saturated heterocycles. The van der Waals surface area contributed by atoms with Crippen molar-refractivity contribution in [2.24, 2.45) is 17.3 Å². The first-order chi connectivity index (χ1) is 18.5. The topological polar surface area (TPSA) is 63.6 Å². The summed E-state index contributed by atoms with van der Waals surface area (Å²) in [6, 6.07) is 18.3. The van der Waals surface area contributed by atoms with Gasteiger partial charge >= 0.3 is 5.97 Å². The van der Waals surface area contributed by atoms with Gasteiger partial charge in [0.2, 0.25) is 0 Å². The van der Waals surface area contributed by atoms with Gasteiger partial charge in [0.05, 0.1) is 29.6 Å². The van der Waals surface area contributed by atoms with Crippen LogP contribution in [-0.4, -0.2) is 22.4 Å². The van der Waals surface area contributed by atoms with Crippen molar-refractivity contribution in [1.82, 2.24) is 0 Å². The molecule has 0 amide bonds. The predicted molar refractivity (Wildman–Crippen MR) is 155 cm³/mol. The van der Waals surface area contributed by atoms with E-state index in [2.05, 4.69) is 20.8 Å². The highest BCUT2D eigenvalue weighted by atomic mass is 32.2. The second kappa shape index (κ2) is 12.0. The van der Waals surface area contributed by atoms with Crippen LogP contribution < -0.4 is 4.74 Å². The molecule has 1 aliphatic rings. The lowest BCUT2D eigenvalue weighted by Gasteiger charge is -2.24. The van der Waals surface area contributed by atoms with E-state index in [0.717, 1.165) is 35.1 Å². The SMILES string of the molecule is CCC(C(=O)O)C(c1cccc(CS(=O)c2ccc(-c3cc(OC)ccc3F)c(CC(C)(C)C)c2)c1)C1CC1. The fraction of sp³-hybridized carbons (Fsp3) is 0.424. The molecule has 0 aromatic heterocycles. The molecule has 3 unspecified atom stereocenters. The molecule has 0 spiro atoms. The molecule has 0 aliphatic heterocycles. The summed E-state index contributed by atoms with van der Waals surface area (Å²) < 4.78 is 33.8. The molecule has 0 bridgehead atoms. The third-order valence-corrected chi connectivity index (χ3v) is 8.85. The number of carboxylic acid groups (broad SMARTS) is 1. The molecule has 1 N–H and O–H groups in total. The zero-order chi connectivity index (χ0) is 28.3. The van der Waals surface area contributed by atoms with Crippen LogP contribution in [0.1, 0.15) is 69.6 Å². The van der Waals surface area contributed by atoms with Crippen molar-refractivity contribution in [2.75, 3.05) is 7.11 Å². The van der Waals surface area contributed by atoms with Crippen LogP contribution >= 0.6 is 0 Å². The molecule has 6 heteroatoms. The Hall–Kier alpha value is -2.99. The number of benzene rings is 3. The highest BCUT2D eigenvalue weighted by Crippen LogP contribution is 2.48. The zero-order valence-electron chi connectivity index (χ0n) is 23.5. The van der Waals surface area contributed by atoms with Crippen LogP contribution in [-0.2, 0) is 27.8 Å². The Kier molecular flexibility index (Phi) is 8.95. The number of rotatable bonds is 11. The fourth-order valence-electron chi connectivity index (χ4n) is 5.53. The van der Waals surface area contributed by atoms with Crippen molar-refractivity contribution < 1.29 is 23.2 Å². The third-order valence-electron chi connectivity index (χ3n) is 7.48. The van der Waals surface area contributed by atoms with E-state index < -0.39 is 22.7 Å². The second-order valence-electron chi connectivity index (χ2n) is 11.9. The molecule has 39 heavy (non-hydrogen) atoms. The maximum absolute atomic E-state index is 14.9. The molecular formula is C33H39FO4S. The molecule has 0 radical (unpaired) electrons. The van der Waals surface area contributed by atoms with Crippen LogP contribution in [0.2, 0.25) is 0 Å². The van der Waals surface area contributed by atoms with E-state index in [1.165, 1.54) is 6.07 Å². The lowest BCUT2D eigenvalue weighted by Crippen LogP contribution is -2.23. The Morgan fingerprint density at radius 1 is 1.08 bits per heavy atom. The van der Waals surface area contributed by atoms with E-state index in [9.17, 15) is 18.5 Å². The second-order valence-corrected chi connectivity index (χ2v) is 13.3. The largest absolute Gasteiger partial charge is 0.497 e. The summed E-state index contributed by atoms with van der Waals surface area (Å²) in [5.74, 6) is -0.193. The molecule has 3 aromatic carbocycles. The lowest BCUT2D eigenvalue weighted by molar-refractivity contribution is -0.142. The number of hydrogen-bond acceptors (Lipinski definition) is 3. The number of methoxy groups -OCH3 is 1. The summed E-state index contributed by atoms with van der Waals surface area (Å²) in [6.07, 6.45) is 3.39. The molecule has 1 fully saturated rings. The molecule has 208 valence electrons. The van der Waals surface area contributed by atoms with Crippen molar-refractivity contribution in [3.8, 4) is 16.9 Å². The van der Waals surface area contributed by atoms with Crippen molar-refractivity contribution in [3.05, 3.63) is 83.2 Å². The molecule has 3 atom stereocenters. The lowest BCUT2D eigenvalue weighted by atomic mass is 9.80. The zero-order valence-corrected chi connectivity index (χ0v) is 24.3. The summed E-state index contributed by atoms with van der Waals surface area (Å²) in [4.78, 5) is 12.7. The monoisotopic (exact) mass is 550 g/mol. The summed E-state index contributed by atoms with van der Waals surface area (Å²) in [5, 5.41) is 9.82. The summed E-state index contributed by atoms with van der Waals surface area (Å²) in [7, 11) is 0.239. The Labute approximate surface area is 234 Å². The van der Waals surface area contributed by atoms with Crippen LogP contribution in [0, 0.1) is 23.1 Å². The van der Waals surface area contributed by atoms with Gasteiger partial charge in [0.15, 0.2) is 0 Å². The standard InChI is InChI=1S/C33H39FO4S/c1-6-27(32(35)36)31(22-10-11-22)23-9-7-8-21(16-23)20-39(37)26-13-14-28(24(17-26)19-33(2,3)4)29-18-25(38-5)12-15-30(29)34/h7-9,12-18,22,27,31H,6,10-11,19-20H2,1-5H3,(H,35,36). The minimum absolute atomic E-state index is 0.0173. The molecule has 3 aromatic rings. The van der Waals surface area contributed by atoms with Gasteiger partial charge in [0.25, 0.3) is 0 Å². The van der Waals surface area contributed by atoms with E-state index in [0.29, 0.717) is 40.7 Å². The highest BCUT2D eigenvalue weighted by molar-refractivity contribution is 7.84. The first-order valence-electron chi connectivity index (χ1n) is 13.7. The predicted octanol–water partition coefficient (Wildman–Crippen LogP) is 8.00. The number of hydrogen-bond donors (Lipinski definition) is 1. The number of carboxylic acids is 1. The summed E-state index contributed by atoms with van der Waals surface area (Å²) >= 11 is 0. The van der Waals surface area contributed by atoms with Gasteiger partial charge in [-0.3, -0.25) is 9.00 Å². The maximum Gasteiger partial charge on any atom is 0.307 e. The Bertz CT molecular complexity index is 1360. The van der Waals surface area contributed by atoms with Crippen LogP contribution in [0.3, 0.4) is 0 Å². The van der Waals surface area contributed by atoms with Crippen molar-refractivity contribution in [3.63, 3.8) is 0 Å². The summed E-state index contributed by atoms with van der Waals surface area (Å²) in [6.45, 7) is 8.32. The minimum Gasteiger partial charge on any atom is -0.497 e. The quantitative estimate of drug-likeness (QED) is 0.263. The van der Waals surface area contributed by atoms with Crippen molar-refractivity contribution in [2.45, 2.75) is 69.9 Å². The summed E-state index contributed by atoms with van der Waals surface area (Å²) in [5.41, 5.74) is 4.08. The van der Waals surface area contributed by atoms with E-state index in [4.69, 9.17) is 4.74 Å². The van der Waals surface area contributed by atoms with Crippen LogP contribution in [0.4, 0.5) is 4.39 Å². The van der Waals surface area contributed by atoms with Crippen LogP contribution in [0.15, 0.2) is 65.6 Å². The molecule has 0 heterocycles. The van der Waals surface area contributed by atoms with E-state index in [1.54, 1.807) is 19.2 Å². The Morgan fingerprint density at radius 3 is 2.44 bits per heavy atom.